The predicted octanol–water partition coefficient (Wildman–Crippen LogP) is 3.73. The van der Waals surface area contributed by atoms with Gasteiger partial charge in [0.2, 0.25) is 0 Å². The van der Waals surface area contributed by atoms with Crippen molar-refractivity contribution in [3.8, 4) is 0 Å². The lowest BCUT2D eigenvalue weighted by molar-refractivity contribution is 0.102. The van der Waals surface area contributed by atoms with E-state index in [2.05, 4.69) is 12.1 Å². The van der Waals surface area contributed by atoms with Crippen LogP contribution in [0.15, 0.2) is 5.16 Å². The van der Waals surface area contributed by atoms with Gasteiger partial charge in [-0.25, -0.2) is 0 Å². The van der Waals surface area contributed by atoms with Crippen LogP contribution in [0.3, 0.4) is 0 Å². The largest absolute Gasteiger partial charge is 0.391 e. The molecule has 0 saturated carbocycles. The fourth-order valence-electron chi connectivity index (χ4n) is 1.65. The molecule has 0 N–H and O–H groups in total. The lowest BCUT2D eigenvalue weighted by Crippen LogP contribution is -2.08. The van der Waals surface area contributed by atoms with Crippen LogP contribution in [0.2, 0.25) is 0 Å². The summed E-state index contributed by atoms with van der Waals surface area (Å²) in [6.45, 7) is 2.24. The second-order valence-corrected chi connectivity index (χ2v) is 4.22. The molecule has 2 nitrogen and oxygen atoms in total. The normalized spacial score (nSPS) is 20.7. The second kappa shape index (κ2) is 7.10. The molecule has 82 valence electrons. The fourth-order valence-corrected chi connectivity index (χ4v) is 1.81. The summed E-state index contributed by atoms with van der Waals surface area (Å²) in [5.74, 6) is 0.558. The van der Waals surface area contributed by atoms with Crippen molar-refractivity contribution in [2.45, 2.75) is 58.0 Å². The van der Waals surface area contributed by atoms with E-state index in [4.69, 9.17) is 16.4 Å². The first kappa shape index (κ1) is 11.8. The summed E-state index contributed by atoms with van der Waals surface area (Å²) in [6.07, 6.45) is 8.75. The summed E-state index contributed by atoms with van der Waals surface area (Å²) in [5, 5.41) is 4.04. The van der Waals surface area contributed by atoms with Gasteiger partial charge < -0.3 is 4.84 Å². The van der Waals surface area contributed by atoms with Gasteiger partial charge in [-0.15, -0.1) is 11.6 Å². The molecular weight excluding hydrogens is 198 g/mol. The minimum Gasteiger partial charge on any atom is -0.391 e. The molecule has 0 aromatic heterocycles. The maximum absolute atomic E-state index is 5.68. The minimum atomic E-state index is 0.141. The van der Waals surface area contributed by atoms with E-state index in [9.17, 15) is 0 Å². The number of oxime groups is 1. The van der Waals surface area contributed by atoms with E-state index >= 15 is 0 Å². The molecule has 0 saturated heterocycles. The predicted molar refractivity (Wildman–Crippen MR) is 61.0 cm³/mol. The summed E-state index contributed by atoms with van der Waals surface area (Å²) in [6, 6.07) is 0. The summed E-state index contributed by atoms with van der Waals surface area (Å²) >= 11 is 5.68. The Kier molecular flexibility index (Phi) is 6.00. The Morgan fingerprint density at radius 1 is 1.36 bits per heavy atom. The molecule has 1 atom stereocenters. The van der Waals surface area contributed by atoms with Crippen LogP contribution in [-0.4, -0.2) is 17.7 Å². The highest BCUT2D eigenvalue weighted by molar-refractivity contribution is 6.18. The van der Waals surface area contributed by atoms with Crippen LogP contribution >= 0.6 is 11.6 Å². The zero-order valence-electron chi connectivity index (χ0n) is 8.97. The van der Waals surface area contributed by atoms with Crippen LogP contribution in [0.4, 0.5) is 0 Å². The van der Waals surface area contributed by atoms with Gasteiger partial charge in [-0.05, 0) is 12.8 Å². The molecule has 3 heteroatoms. The maximum atomic E-state index is 5.68. The molecule has 0 radical (unpaired) electrons. The zero-order chi connectivity index (χ0) is 10.2. The van der Waals surface area contributed by atoms with Gasteiger partial charge in [0.05, 0.1) is 11.6 Å². The van der Waals surface area contributed by atoms with Crippen molar-refractivity contribution < 1.29 is 4.84 Å². The number of hydrogen-bond donors (Lipinski definition) is 0. The molecule has 0 bridgehead atoms. The van der Waals surface area contributed by atoms with Gasteiger partial charge in [0.1, 0.15) is 6.10 Å². The molecule has 0 amide bonds. The lowest BCUT2D eigenvalue weighted by Gasteiger charge is -2.01. The zero-order valence-corrected chi connectivity index (χ0v) is 9.72. The van der Waals surface area contributed by atoms with Crippen LogP contribution in [0.1, 0.15) is 51.9 Å². The van der Waals surface area contributed by atoms with Gasteiger partial charge in [-0.2, -0.15) is 0 Å². The first-order chi connectivity index (χ1) is 6.86. The molecule has 14 heavy (non-hydrogen) atoms. The van der Waals surface area contributed by atoms with E-state index < -0.39 is 0 Å². The van der Waals surface area contributed by atoms with E-state index in [-0.39, 0.29) is 6.10 Å². The highest BCUT2D eigenvalue weighted by atomic mass is 35.5. The second-order valence-electron chi connectivity index (χ2n) is 3.91. The van der Waals surface area contributed by atoms with Crippen molar-refractivity contribution in [1.29, 1.82) is 0 Å². The topological polar surface area (TPSA) is 21.6 Å². The summed E-state index contributed by atoms with van der Waals surface area (Å²) in [5.41, 5.74) is 1.20. The number of nitrogens with zero attached hydrogens (tertiary/aromatic N) is 1. The Morgan fingerprint density at radius 2 is 2.14 bits per heavy atom. The molecule has 1 aliphatic heterocycles. The smallest absolute Gasteiger partial charge is 0.146 e. The van der Waals surface area contributed by atoms with Gasteiger partial charge >= 0.3 is 0 Å². The third-order valence-electron chi connectivity index (χ3n) is 2.54. The minimum absolute atomic E-state index is 0.141. The van der Waals surface area contributed by atoms with Crippen LogP contribution < -0.4 is 0 Å². The lowest BCUT2D eigenvalue weighted by atomic mass is 10.1. The number of hydrogen-bond acceptors (Lipinski definition) is 2. The average molecular weight is 218 g/mol. The molecule has 1 rings (SSSR count). The van der Waals surface area contributed by atoms with Crippen molar-refractivity contribution in [3.05, 3.63) is 0 Å². The van der Waals surface area contributed by atoms with Crippen LogP contribution in [0.25, 0.3) is 0 Å². The third-order valence-corrected chi connectivity index (χ3v) is 2.88. The van der Waals surface area contributed by atoms with Crippen LogP contribution in [0, 0.1) is 0 Å². The number of unbranched alkanes of at least 4 members (excludes halogenated alkanes) is 4. The molecule has 1 aliphatic rings. The van der Waals surface area contributed by atoms with Gasteiger partial charge in [0, 0.05) is 6.42 Å². The van der Waals surface area contributed by atoms with Crippen molar-refractivity contribution in [1.82, 2.24) is 0 Å². The first-order valence-corrected chi connectivity index (χ1v) is 6.17. The quantitative estimate of drug-likeness (QED) is 0.470. The molecule has 0 fully saturated rings. The van der Waals surface area contributed by atoms with E-state index in [0.717, 1.165) is 12.8 Å². The molecule has 0 aromatic rings. The molecule has 0 spiro atoms. The monoisotopic (exact) mass is 217 g/mol. The van der Waals surface area contributed by atoms with Gasteiger partial charge in [0.25, 0.3) is 0 Å². The summed E-state index contributed by atoms with van der Waals surface area (Å²) in [7, 11) is 0. The van der Waals surface area contributed by atoms with E-state index in [1.807, 2.05) is 0 Å². The molecule has 0 aromatic carbocycles. The Labute approximate surface area is 91.6 Å². The molecule has 0 aliphatic carbocycles. The molecular formula is C11H20ClNO. The maximum Gasteiger partial charge on any atom is 0.146 e. The van der Waals surface area contributed by atoms with E-state index in [1.165, 1.54) is 37.8 Å². The highest BCUT2D eigenvalue weighted by Gasteiger charge is 2.18. The van der Waals surface area contributed by atoms with E-state index in [0.29, 0.717) is 5.88 Å². The highest BCUT2D eigenvalue weighted by Crippen LogP contribution is 2.16. The Balaban J connectivity index is 1.97. The fraction of sp³-hybridized carbons (Fsp3) is 0.909. The van der Waals surface area contributed by atoms with E-state index in [1.54, 1.807) is 0 Å². The Hall–Kier alpha value is -0.240. The van der Waals surface area contributed by atoms with Gasteiger partial charge in [0.15, 0.2) is 0 Å². The number of rotatable bonds is 7. The van der Waals surface area contributed by atoms with Crippen LogP contribution in [-0.2, 0) is 4.84 Å². The molecule has 1 heterocycles. The first-order valence-electron chi connectivity index (χ1n) is 5.64. The summed E-state index contributed by atoms with van der Waals surface area (Å²) < 4.78 is 0. The van der Waals surface area contributed by atoms with Crippen molar-refractivity contribution in [2.24, 2.45) is 5.16 Å². The Morgan fingerprint density at radius 3 is 2.79 bits per heavy atom. The van der Waals surface area contributed by atoms with Crippen molar-refractivity contribution in [3.63, 3.8) is 0 Å². The third kappa shape index (κ3) is 4.32. The SMILES string of the molecule is CCCCCCCC1=NOC(CCl)C1. The Bertz CT molecular complexity index is 182. The summed E-state index contributed by atoms with van der Waals surface area (Å²) in [4.78, 5) is 5.15. The van der Waals surface area contributed by atoms with Crippen molar-refractivity contribution >= 4 is 17.3 Å². The number of halogens is 1. The standard InChI is InChI=1S/C11H20ClNO/c1-2-3-4-5-6-7-10-8-11(9-12)14-13-10/h11H,2-9H2,1H3. The van der Waals surface area contributed by atoms with Gasteiger partial charge in [-0.1, -0.05) is 37.8 Å². The molecule has 1 unspecified atom stereocenters. The van der Waals surface area contributed by atoms with Gasteiger partial charge in [-0.3, -0.25) is 0 Å². The van der Waals surface area contributed by atoms with Crippen LogP contribution in [0.5, 0.6) is 0 Å². The number of alkyl halides is 1. The van der Waals surface area contributed by atoms with Crippen molar-refractivity contribution in [2.75, 3.05) is 5.88 Å². The average Bonchev–Trinajstić information content (AvgIpc) is 2.65.